The summed E-state index contributed by atoms with van der Waals surface area (Å²) in [6.45, 7) is 1.83. The standard InChI is InChI=1S/C13H14BrN3O2S/c1-7(15)13-17-10(6-20-13)12(18)16-8-3-4-11(19-2)9(14)5-8/h3-7H,15H2,1-2H3,(H,16,18). The van der Waals surface area contributed by atoms with Crippen LogP contribution in [0, 0.1) is 0 Å². The molecule has 0 spiro atoms. The number of halogens is 1. The zero-order valence-electron chi connectivity index (χ0n) is 11.0. The lowest BCUT2D eigenvalue weighted by Crippen LogP contribution is -2.13. The van der Waals surface area contributed by atoms with Crippen LogP contribution in [-0.4, -0.2) is 18.0 Å². The molecule has 1 atom stereocenters. The molecular formula is C13H14BrN3O2S. The summed E-state index contributed by atoms with van der Waals surface area (Å²) in [6, 6.07) is 5.14. The summed E-state index contributed by atoms with van der Waals surface area (Å²) in [6.07, 6.45) is 0. The number of rotatable bonds is 4. The molecular weight excluding hydrogens is 342 g/mol. The summed E-state index contributed by atoms with van der Waals surface area (Å²) in [5, 5.41) is 5.22. The Morgan fingerprint density at radius 2 is 2.30 bits per heavy atom. The van der Waals surface area contributed by atoms with Gasteiger partial charge in [-0.15, -0.1) is 11.3 Å². The van der Waals surface area contributed by atoms with Crippen molar-refractivity contribution >= 4 is 38.9 Å². The molecule has 0 fully saturated rings. The molecule has 0 aliphatic rings. The number of benzene rings is 1. The number of thiazole rings is 1. The highest BCUT2D eigenvalue weighted by Gasteiger charge is 2.13. The summed E-state index contributed by atoms with van der Waals surface area (Å²) >= 11 is 4.75. The summed E-state index contributed by atoms with van der Waals surface area (Å²) < 4.78 is 5.91. The zero-order valence-corrected chi connectivity index (χ0v) is 13.4. The van der Waals surface area contributed by atoms with Gasteiger partial charge < -0.3 is 15.8 Å². The minimum Gasteiger partial charge on any atom is -0.496 e. The molecule has 5 nitrogen and oxygen atoms in total. The van der Waals surface area contributed by atoms with Gasteiger partial charge >= 0.3 is 0 Å². The van der Waals surface area contributed by atoms with Gasteiger partial charge in [0.2, 0.25) is 0 Å². The molecule has 1 amide bonds. The number of carbonyl (C=O) groups is 1. The molecule has 3 N–H and O–H groups in total. The van der Waals surface area contributed by atoms with Crippen LogP contribution in [0.25, 0.3) is 0 Å². The number of amides is 1. The molecule has 1 aromatic heterocycles. The van der Waals surface area contributed by atoms with Crippen molar-refractivity contribution in [2.24, 2.45) is 5.73 Å². The second-order valence-corrected chi connectivity index (χ2v) is 5.91. The molecule has 7 heteroatoms. The Kier molecular flexibility index (Phi) is 4.74. The molecule has 0 saturated carbocycles. The number of hydrogen-bond acceptors (Lipinski definition) is 5. The number of nitrogens with zero attached hydrogens (tertiary/aromatic N) is 1. The first-order chi connectivity index (χ1) is 9.51. The Morgan fingerprint density at radius 1 is 1.55 bits per heavy atom. The van der Waals surface area contributed by atoms with Crippen LogP contribution in [0.5, 0.6) is 5.75 Å². The summed E-state index contributed by atoms with van der Waals surface area (Å²) in [5.41, 5.74) is 6.76. The number of methoxy groups -OCH3 is 1. The number of aromatic nitrogens is 1. The van der Waals surface area contributed by atoms with Crippen LogP contribution in [0.1, 0.15) is 28.5 Å². The van der Waals surface area contributed by atoms with Crippen molar-refractivity contribution in [1.29, 1.82) is 0 Å². The lowest BCUT2D eigenvalue weighted by atomic mass is 10.3. The van der Waals surface area contributed by atoms with Gasteiger partial charge in [-0.05, 0) is 41.1 Å². The van der Waals surface area contributed by atoms with E-state index >= 15 is 0 Å². The first-order valence-electron chi connectivity index (χ1n) is 5.87. The molecule has 0 bridgehead atoms. The van der Waals surface area contributed by atoms with Crippen molar-refractivity contribution in [3.05, 3.63) is 38.8 Å². The van der Waals surface area contributed by atoms with E-state index in [0.29, 0.717) is 17.1 Å². The highest BCUT2D eigenvalue weighted by Crippen LogP contribution is 2.28. The quantitative estimate of drug-likeness (QED) is 0.882. The van der Waals surface area contributed by atoms with E-state index in [0.717, 1.165) is 9.48 Å². The molecule has 1 aromatic carbocycles. The van der Waals surface area contributed by atoms with Crippen molar-refractivity contribution in [3.63, 3.8) is 0 Å². The monoisotopic (exact) mass is 355 g/mol. The number of anilines is 1. The number of nitrogens with two attached hydrogens (primary N) is 1. The molecule has 0 aliphatic carbocycles. The maximum atomic E-state index is 12.1. The van der Waals surface area contributed by atoms with E-state index in [4.69, 9.17) is 10.5 Å². The number of carbonyl (C=O) groups excluding carboxylic acids is 1. The Labute approximate surface area is 129 Å². The van der Waals surface area contributed by atoms with E-state index in [1.807, 2.05) is 6.92 Å². The van der Waals surface area contributed by atoms with Gasteiger partial charge in [0, 0.05) is 11.1 Å². The molecule has 0 aliphatic heterocycles. The third-order valence-electron chi connectivity index (χ3n) is 2.55. The highest BCUT2D eigenvalue weighted by atomic mass is 79.9. The van der Waals surface area contributed by atoms with Gasteiger partial charge in [-0.25, -0.2) is 4.98 Å². The topological polar surface area (TPSA) is 77.2 Å². The van der Waals surface area contributed by atoms with Crippen LogP contribution in [0.3, 0.4) is 0 Å². The second-order valence-electron chi connectivity index (χ2n) is 4.16. The van der Waals surface area contributed by atoms with Crippen LogP contribution in [0.4, 0.5) is 5.69 Å². The maximum absolute atomic E-state index is 12.1. The minimum absolute atomic E-state index is 0.170. The number of ether oxygens (including phenoxy) is 1. The largest absolute Gasteiger partial charge is 0.496 e. The Bertz CT molecular complexity index is 628. The van der Waals surface area contributed by atoms with Crippen LogP contribution in [0.15, 0.2) is 28.1 Å². The average molecular weight is 356 g/mol. The highest BCUT2D eigenvalue weighted by molar-refractivity contribution is 9.10. The first kappa shape index (κ1) is 15.0. The van der Waals surface area contributed by atoms with Gasteiger partial charge in [-0.3, -0.25) is 4.79 Å². The van der Waals surface area contributed by atoms with Crippen molar-refractivity contribution in [2.45, 2.75) is 13.0 Å². The van der Waals surface area contributed by atoms with Crippen molar-refractivity contribution in [1.82, 2.24) is 4.98 Å². The van der Waals surface area contributed by atoms with E-state index in [1.54, 1.807) is 30.7 Å². The Hall–Kier alpha value is -1.44. The fraction of sp³-hybridized carbons (Fsp3) is 0.231. The van der Waals surface area contributed by atoms with Crippen molar-refractivity contribution in [2.75, 3.05) is 12.4 Å². The molecule has 1 heterocycles. The minimum atomic E-state index is -0.259. The van der Waals surface area contributed by atoms with Crippen LogP contribution in [0.2, 0.25) is 0 Å². The van der Waals surface area contributed by atoms with E-state index < -0.39 is 0 Å². The fourth-order valence-electron chi connectivity index (χ4n) is 1.54. The molecule has 106 valence electrons. The SMILES string of the molecule is COc1ccc(NC(=O)c2csc(C(C)N)n2)cc1Br. The Morgan fingerprint density at radius 3 is 2.85 bits per heavy atom. The van der Waals surface area contributed by atoms with Gasteiger partial charge in [-0.1, -0.05) is 0 Å². The summed E-state index contributed by atoms with van der Waals surface area (Å²) in [7, 11) is 1.59. The third kappa shape index (κ3) is 3.36. The van der Waals surface area contributed by atoms with Crippen LogP contribution >= 0.6 is 27.3 Å². The normalized spacial score (nSPS) is 12.0. The number of hydrogen-bond donors (Lipinski definition) is 2. The lowest BCUT2D eigenvalue weighted by molar-refractivity contribution is 0.102. The maximum Gasteiger partial charge on any atom is 0.275 e. The predicted molar refractivity (Wildman–Crippen MR) is 83.4 cm³/mol. The van der Waals surface area contributed by atoms with Crippen molar-refractivity contribution in [3.8, 4) is 5.75 Å². The first-order valence-corrected chi connectivity index (χ1v) is 7.54. The smallest absolute Gasteiger partial charge is 0.275 e. The predicted octanol–water partition coefficient (Wildman–Crippen LogP) is 3.19. The Balaban J connectivity index is 2.12. The lowest BCUT2D eigenvalue weighted by Gasteiger charge is -2.07. The van der Waals surface area contributed by atoms with Gasteiger partial charge in [0.25, 0.3) is 5.91 Å². The molecule has 2 aromatic rings. The summed E-state index contributed by atoms with van der Waals surface area (Å²) in [5.74, 6) is 0.445. The van der Waals surface area contributed by atoms with E-state index in [1.165, 1.54) is 11.3 Å². The molecule has 2 rings (SSSR count). The summed E-state index contributed by atoms with van der Waals surface area (Å²) in [4.78, 5) is 16.3. The van der Waals surface area contributed by atoms with E-state index in [9.17, 15) is 4.79 Å². The fourth-order valence-corrected chi connectivity index (χ4v) is 2.84. The third-order valence-corrected chi connectivity index (χ3v) is 4.22. The van der Waals surface area contributed by atoms with E-state index in [-0.39, 0.29) is 11.9 Å². The van der Waals surface area contributed by atoms with Crippen LogP contribution in [-0.2, 0) is 0 Å². The van der Waals surface area contributed by atoms with Crippen molar-refractivity contribution < 1.29 is 9.53 Å². The molecule has 0 saturated heterocycles. The molecule has 1 unspecified atom stereocenters. The molecule has 20 heavy (non-hydrogen) atoms. The van der Waals surface area contributed by atoms with Gasteiger partial charge in [0.1, 0.15) is 16.5 Å². The van der Waals surface area contributed by atoms with Gasteiger partial charge in [0.15, 0.2) is 0 Å². The molecule has 0 radical (unpaired) electrons. The van der Waals surface area contributed by atoms with Gasteiger partial charge in [-0.2, -0.15) is 0 Å². The second kappa shape index (κ2) is 6.34. The van der Waals surface area contributed by atoms with E-state index in [2.05, 4.69) is 26.2 Å². The number of nitrogens with one attached hydrogen (secondary N) is 1. The van der Waals surface area contributed by atoms with Crippen LogP contribution < -0.4 is 15.8 Å². The average Bonchev–Trinajstić information content (AvgIpc) is 2.88. The zero-order chi connectivity index (χ0) is 14.7. The van der Waals surface area contributed by atoms with Gasteiger partial charge in [0.05, 0.1) is 17.6 Å².